The van der Waals surface area contributed by atoms with E-state index >= 15 is 0 Å². The third-order valence-corrected chi connectivity index (χ3v) is 2.61. The quantitative estimate of drug-likeness (QED) is 0.575. The maximum Gasteiger partial charge on any atom is 0.0897 e. The Morgan fingerprint density at radius 2 is 1.75 bits per heavy atom. The van der Waals surface area contributed by atoms with Crippen molar-refractivity contribution < 1.29 is 9.84 Å². The largest absolute Gasteiger partial charge is 0.389 e. The second kappa shape index (κ2) is 8.93. The van der Waals surface area contributed by atoms with Gasteiger partial charge in [0, 0.05) is 38.8 Å². The van der Waals surface area contributed by atoms with Crippen molar-refractivity contribution in [1.82, 2.24) is 10.2 Å². The molecule has 0 aliphatic heterocycles. The molecule has 2 N–H and O–H groups in total. The third kappa shape index (κ3) is 7.17. The van der Waals surface area contributed by atoms with Crippen LogP contribution < -0.4 is 5.32 Å². The van der Waals surface area contributed by atoms with Gasteiger partial charge in [0.2, 0.25) is 0 Å². The van der Waals surface area contributed by atoms with E-state index in [0.29, 0.717) is 25.2 Å². The number of nitrogens with one attached hydrogen (secondary N) is 1. The topological polar surface area (TPSA) is 44.7 Å². The highest BCUT2D eigenvalue weighted by molar-refractivity contribution is 4.69. The first-order valence-corrected chi connectivity index (χ1v) is 6.12. The summed E-state index contributed by atoms with van der Waals surface area (Å²) >= 11 is 0. The highest BCUT2D eigenvalue weighted by Gasteiger charge is 2.12. The molecular weight excluding hydrogens is 204 g/mol. The number of ether oxygens (including phenoxy) is 1. The molecule has 0 aromatic heterocycles. The third-order valence-electron chi connectivity index (χ3n) is 2.61. The van der Waals surface area contributed by atoms with Crippen molar-refractivity contribution in [3.8, 4) is 0 Å². The molecule has 0 heterocycles. The highest BCUT2D eigenvalue weighted by atomic mass is 16.5. The van der Waals surface area contributed by atoms with Crippen LogP contribution in [0.2, 0.25) is 0 Å². The predicted octanol–water partition coefficient (Wildman–Crippen LogP) is 0.702. The summed E-state index contributed by atoms with van der Waals surface area (Å²) in [5, 5.41) is 12.7. The predicted molar refractivity (Wildman–Crippen MR) is 67.7 cm³/mol. The zero-order chi connectivity index (χ0) is 12.6. The molecule has 0 aliphatic rings. The van der Waals surface area contributed by atoms with Crippen LogP contribution in [0.5, 0.6) is 0 Å². The van der Waals surface area contributed by atoms with E-state index in [9.17, 15) is 5.11 Å². The molecule has 0 spiro atoms. The lowest BCUT2D eigenvalue weighted by Gasteiger charge is -2.30. The number of methoxy groups -OCH3 is 1. The van der Waals surface area contributed by atoms with Crippen molar-refractivity contribution in [2.45, 2.75) is 45.9 Å². The van der Waals surface area contributed by atoms with Gasteiger partial charge in [-0.25, -0.2) is 0 Å². The maximum atomic E-state index is 9.43. The Morgan fingerprint density at radius 3 is 2.19 bits per heavy atom. The van der Waals surface area contributed by atoms with Gasteiger partial charge in [0.05, 0.1) is 12.7 Å². The molecule has 0 aromatic carbocycles. The van der Waals surface area contributed by atoms with E-state index in [1.165, 1.54) is 0 Å². The van der Waals surface area contributed by atoms with Crippen LogP contribution in [0.4, 0.5) is 0 Å². The number of aliphatic hydroxyl groups is 1. The SMILES string of the molecule is COCC(O)CNCCN(C(C)C)C(C)C. The lowest BCUT2D eigenvalue weighted by atomic mass is 10.2. The van der Waals surface area contributed by atoms with Gasteiger partial charge in [-0.3, -0.25) is 4.90 Å². The normalized spacial score (nSPS) is 14.1. The second-order valence-electron chi connectivity index (χ2n) is 4.74. The zero-order valence-corrected chi connectivity index (χ0v) is 11.4. The minimum Gasteiger partial charge on any atom is -0.389 e. The van der Waals surface area contributed by atoms with Crippen molar-refractivity contribution >= 4 is 0 Å². The summed E-state index contributed by atoms with van der Waals surface area (Å²) in [6, 6.07) is 1.12. The van der Waals surface area contributed by atoms with E-state index in [0.717, 1.165) is 13.1 Å². The van der Waals surface area contributed by atoms with Crippen LogP contribution >= 0.6 is 0 Å². The highest BCUT2D eigenvalue weighted by Crippen LogP contribution is 2.03. The smallest absolute Gasteiger partial charge is 0.0897 e. The van der Waals surface area contributed by atoms with E-state index in [2.05, 4.69) is 37.9 Å². The summed E-state index contributed by atoms with van der Waals surface area (Å²) < 4.78 is 4.86. The standard InChI is InChI=1S/C12H28N2O2/c1-10(2)14(11(3)4)7-6-13-8-12(15)9-16-5/h10-13,15H,6-9H2,1-5H3. The Hall–Kier alpha value is -0.160. The van der Waals surface area contributed by atoms with Crippen molar-refractivity contribution in [3.05, 3.63) is 0 Å². The Bertz CT molecular complexity index is 155. The molecule has 1 unspecified atom stereocenters. The second-order valence-corrected chi connectivity index (χ2v) is 4.74. The summed E-state index contributed by atoms with van der Waals surface area (Å²) in [4.78, 5) is 2.43. The lowest BCUT2D eigenvalue weighted by molar-refractivity contribution is 0.0636. The fourth-order valence-electron chi connectivity index (χ4n) is 1.84. The van der Waals surface area contributed by atoms with Crippen LogP contribution in [0.25, 0.3) is 0 Å². The number of nitrogens with zero attached hydrogens (tertiary/aromatic N) is 1. The molecule has 4 nitrogen and oxygen atoms in total. The molecule has 0 bridgehead atoms. The molecule has 0 radical (unpaired) electrons. The van der Waals surface area contributed by atoms with Crippen molar-refractivity contribution in [1.29, 1.82) is 0 Å². The summed E-state index contributed by atoms with van der Waals surface area (Å²) in [7, 11) is 1.60. The van der Waals surface area contributed by atoms with Crippen LogP contribution in [-0.4, -0.2) is 61.5 Å². The number of hydrogen-bond acceptors (Lipinski definition) is 4. The Kier molecular flexibility index (Phi) is 8.84. The van der Waals surface area contributed by atoms with Crippen molar-refractivity contribution in [2.75, 3.05) is 33.4 Å². The minimum absolute atomic E-state index is 0.394. The van der Waals surface area contributed by atoms with E-state index < -0.39 is 6.10 Å². The van der Waals surface area contributed by atoms with Gasteiger partial charge in [0.15, 0.2) is 0 Å². The van der Waals surface area contributed by atoms with Gasteiger partial charge in [-0.2, -0.15) is 0 Å². The molecule has 0 aliphatic carbocycles. The average Bonchev–Trinajstić information content (AvgIpc) is 2.16. The molecule has 0 saturated carbocycles. The summed E-state index contributed by atoms with van der Waals surface area (Å²) in [6.45, 7) is 11.7. The van der Waals surface area contributed by atoms with Gasteiger partial charge in [-0.1, -0.05) is 0 Å². The summed E-state index contributed by atoms with van der Waals surface area (Å²) in [5.41, 5.74) is 0. The van der Waals surface area contributed by atoms with E-state index in [4.69, 9.17) is 4.74 Å². The van der Waals surface area contributed by atoms with Gasteiger partial charge in [0.25, 0.3) is 0 Å². The molecule has 0 amide bonds. The van der Waals surface area contributed by atoms with Crippen molar-refractivity contribution in [3.63, 3.8) is 0 Å². The molecule has 1 atom stereocenters. The van der Waals surface area contributed by atoms with Crippen LogP contribution in [0.1, 0.15) is 27.7 Å². The summed E-state index contributed by atoms with van der Waals surface area (Å²) in [6.07, 6.45) is -0.406. The first-order chi connectivity index (χ1) is 7.49. The van der Waals surface area contributed by atoms with E-state index in [-0.39, 0.29) is 0 Å². The van der Waals surface area contributed by atoms with E-state index in [1.807, 2.05) is 0 Å². The molecular formula is C12H28N2O2. The maximum absolute atomic E-state index is 9.43. The van der Waals surface area contributed by atoms with Crippen molar-refractivity contribution in [2.24, 2.45) is 0 Å². The number of aliphatic hydroxyl groups excluding tert-OH is 1. The Morgan fingerprint density at radius 1 is 1.19 bits per heavy atom. The molecule has 98 valence electrons. The Labute approximate surface area is 100.0 Å². The number of rotatable bonds is 9. The van der Waals surface area contributed by atoms with Gasteiger partial charge in [-0.15, -0.1) is 0 Å². The fraction of sp³-hybridized carbons (Fsp3) is 1.00. The first kappa shape index (κ1) is 15.8. The van der Waals surface area contributed by atoms with E-state index in [1.54, 1.807) is 7.11 Å². The molecule has 0 fully saturated rings. The molecule has 0 rings (SSSR count). The summed E-state index contributed by atoms with van der Waals surface area (Å²) in [5.74, 6) is 0. The van der Waals surface area contributed by atoms with Gasteiger partial charge in [0.1, 0.15) is 0 Å². The van der Waals surface area contributed by atoms with Crippen LogP contribution in [0.3, 0.4) is 0 Å². The van der Waals surface area contributed by atoms with Crippen LogP contribution in [0, 0.1) is 0 Å². The van der Waals surface area contributed by atoms with Crippen LogP contribution in [0.15, 0.2) is 0 Å². The van der Waals surface area contributed by atoms with Gasteiger partial charge >= 0.3 is 0 Å². The Balaban J connectivity index is 3.62. The number of hydrogen-bond donors (Lipinski definition) is 2. The fourth-order valence-corrected chi connectivity index (χ4v) is 1.84. The zero-order valence-electron chi connectivity index (χ0n) is 11.4. The van der Waals surface area contributed by atoms with Crippen LogP contribution in [-0.2, 0) is 4.74 Å². The minimum atomic E-state index is -0.406. The molecule has 4 heteroatoms. The first-order valence-electron chi connectivity index (χ1n) is 6.12. The van der Waals surface area contributed by atoms with Gasteiger partial charge < -0.3 is 15.2 Å². The van der Waals surface area contributed by atoms with Gasteiger partial charge in [-0.05, 0) is 27.7 Å². The average molecular weight is 232 g/mol. The lowest BCUT2D eigenvalue weighted by Crippen LogP contribution is -2.42. The molecule has 0 saturated heterocycles. The molecule has 16 heavy (non-hydrogen) atoms. The molecule has 0 aromatic rings. The monoisotopic (exact) mass is 232 g/mol.